The van der Waals surface area contributed by atoms with E-state index in [9.17, 15) is 9.59 Å². The molecule has 2 atom stereocenters. The Morgan fingerprint density at radius 2 is 1.87 bits per heavy atom. The first-order chi connectivity index (χ1) is 18.6. The SMILES string of the molecule is CCN(CCC1(C)C2=C[C@H](C)c3c(cc(OC)cc3OC)CN2C(=O)N1CC)C(=O)c1cccc(N(C)C)c1. The molecule has 2 aromatic carbocycles. The number of amides is 3. The zero-order valence-electron chi connectivity index (χ0n) is 24.6. The molecule has 2 aliphatic heterocycles. The lowest BCUT2D eigenvalue weighted by Crippen LogP contribution is -2.46. The first-order valence-corrected chi connectivity index (χ1v) is 13.7. The predicted octanol–water partition coefficient (Wildman–Crippen LogP) is 5.34. The highest BCUT2D eigenvalue weighted by atomic mass is 16.5. The molecule has 39 heavy (non-hydrogen) atoms. The topological polar surface area (TPSA) is 65.6 Å². The summed E-state index contributed by atoms with van der Waals surface area (Å²) in [6.07, 6.45) is 2.83. The second kappa shape index (κ2) is 11.2. The van der Waals surface area contributed by atoms with Crippen molar-refractivity contribution in [1.82, 2.24) is 14.7 Å². The number of fused-ring (bicyclic) bond motifs is 2. The van der Waals surface area contributed by atoms with E-state index >= 15 is 0 Å². The van der Waals surface area contributed by atoms with Gasteiger partial charge in [-0.25, -0.2) is 4.79 Å². The van der Waals surface area contributed by atoms with Gasteiger partial charge in [-0.3, -0.25) is 9.69 Å². The number of carbonyl (C=O) groups excluding carboxylic acids is 2. The van der Waals surface area contributed by atoms with Crippen LogP contribution in [0.1, 0.15) is 61.5 Å². The minimum absolute atomic E-state index is 0.00137. The number of allylic oxidation sites excluding steroid dienone is 1. The molecule has 0 spiro atoms. The van der Waals surface area contributed by atoms with Crippen molar-refractivity contribution < 1.29 is 19.1 Å². The maximum atomic E-state index is 13.8. The molecule has 1 saturated heterocycles. The molecule has 8 nitrogen and oxygen atoms in total. The fourth-order valence-electron chi connectivity index (χ4n) is 6.00. The first-order valence-electron chi connectivity index (χ1n) is 13.7. The number of benzene rings is 2. The summed E-state index contributed by atoms with van der Waals surface area (Å²) in [5.74, 6) is 1.50. The van der Waals surface area contributed by atoms with E-state index in [2.05, 4.69) is 19.9 Å². The molecule has 3 amide bonds. The molecule has 0 bridgehead atoms. The van der Waals surface area contributed by atoms with Gasteiger partial charge in [0.05, 0.1) is 26.3 Å². The van der Waals surface area contributed by atoms with Gasteiger partial charge in [0.25, 0.3) is 5.91 Å². The van der Waals surface area contributed by atoms with E-state index in [1.807, 2.05) is 83.9 Å². The zero-order chi connectivity index (χ0) is 28.5. The third kappa shape index (κ3) is 5.04. The number of methoxy groups -OCH3 is 2. The normalized spacial score (nSPS) is 20.2. The molecule has 0 aliphatic carbocycles. The van der Waals surface area contributed by atoms with Crippen molar-refractivity contribution in [2.45, 2.75) is 52.1 Å². The molecular weight excluding hydrogens is 492 g/mol. The van der Waals surface area contributed by atoms with Crippen molar-refractivity contribution in [3.8, 4) is 11.5 Å². The van der Waals surface area contributed by atoms with Crippen molar-refractivity contribution in [1.29, 1.82) is 0 Å². The van der Waals surface area contributed by atoms with Crippen molar-refractivity contribution in [2.24, 2.45) is 0 Å². The average Bonchev–Trinajstić information content (AvgIpc) is 3.03. The average molecular weight is 535 g/mol. The van der Waals surface area contributed by atoms with Crippen molar-refractivity contribution in [3.05, 3.63) is 64.9 Å². The summed E-state index contributed by atoms with van der Waals surface area (Å²) in [5.41, 5.74) is 4.18. The molecule has 2 aromatic rings. The molecule has 1 fully saturated rings. The molecule has 0 N–H and O–H groups in total. The Hall–Kier alpha value is -3.68. The van der Waals surface area contributed by atoms with Crippen LogP contribution in [0.4, 0.5) is 10.5 Å². The van der Waals surface area contributed by atoms with Gasteiger partial charge in [-0.05, 0) is 57.0 Å². The van der Waals surface area contributed by atoms with Crippen LogP contribution in [0.2, 0.25) is 0 Å². The van der Waals surface area contributed by atoms with Gasteiger partial charge in [0, 0.05) is 68.2 Å². The molecule has 1 unspecified atom stereocenters. The second-order valence-corrected chi connectivity index (χ2v) is 10.7. The number of likely N-dealkylation sites (N-methyl/N-ethyl adjacent to an activating group) is 1. The zero-order valence-corrected chi connectivity index (χ0v) is 24.6. The fraction of sp³-hybridized carbons (Fsp3) is 0.484. The quantitative estimate of drug-likeness (QED) is 0.435. The van der Waals surface area contributed by atoms with E-state index in [0.717, 1.165) is 28.3 Å². The maximum absolute atomic E-state index is 13.8. The summed E-state index contributed by atoms with van der Waals surface area (Å²) < 4.78 is 11.3. The van der Waals surface area contributed by atoms with E-state index in [0.29, 0.717) is 43.9 Å². The summed E-state index contributed by atoms with van der Waals surface area (Å²) in [4.78, 5) is 35.0. The van der Waals surface area contributed by atoms with Crippen LogP contribution in [0.5, 0.6) is 11.5 Å². The number of anilines is 1. The summed E-state index contributed by atoms with van der Waals surface area (Å²) in [6.45, 7) is 10.4. The van der Waals surface area contributed by atoms with Crippen molar-refractivity contribution >= 4 is 17.6 Å². The number of ether oxygens (including phenoxy) is 2. The summed E-state index contributed by atoms with van der Waals surface area (Å²) >= 11 is 0. The highest BCUT2D eigenvalue weighted by Crippen LogP contribution is 2.46. The number of rotatable bonds is 9. The Morgan fingerprint density at radius 3 is 2.49 bits per heavy atom. The van der Waals surface area contributed by atoms with E-state index in [1.54, 1.807) is 14.2 Å². The van der Waals surface area contributed by atoms with Gasteiger partial charge in [-0.15, -0.1) is 0 Å². The number of nitrogens with zero attached hydrogens (tertiary/aromatic N) is 4. The van der Waals surface area contributed by atoms with E-state index in [-0.39, 0.29) is 17.9 Å². The second-order valence-electron chi connectivity index (χ2n) is 10.7. The van der Waals surface area contributed by atoms with Crippen LogP contribution in [-0.2, 0) is 6.54 Å². The standard InChI is InChI=1S/C31H42N4O4/c1-9-33(29(36)22-12-11-13-24(17-22)32(5)6)15-14-31(4)27-16-21(3)28-23(18-25(38-7)19-26(28)39-8)20-34(27)30(37)35(31)10-2/h11-13,16-19,21H,9-10,14-15,20H2,1-8H3/t21-,31?/m0/s1. The van der Waals surface area contributed by atoms with Crippen LogP contribution in [-0.4, -0.2) is 80.1 Å². The Morgan fingerprint density at radius 1 is 1.13 bits per heavy atom. The molecule has 0 aromatic heterocycles. The van der Waals surface area contributed by atoms with Gasteiger partial charge >= 0.3 is 6.03 Å². The molecule has 0 saturated carbocycles. The van der Waals surface area contributed by atoms with Crippen LogP contribution < -0.4 is 14.4 Å². The first kappa shape index (κ1) is 28.3. The predicted molar refractivity (Wildman–Crippen MR) is 155 cm³/mol. The van der Waals surface area contributed by atoms with Crippen LogP contribution in [0.3, 0.4) is 0 Å². The van der Waals surface area contributed by atoms with Crippen molar-refractivity contribution in [3.63, 3.8) is 0 Å². The van der Waals surface area contributed by atoms with Gasteiger partial charge in [-0.2, -0.15) is 0 Å². The van der Waals surface area contributed by atoms with Gasteiger partial charge < -0.3 is 24.2 Å². The number of carbonyl (C=O) groups is 2. The van der Waals surface area contributed by atoms with E-state index < -0.39 is 5.54 Å². The molecule has 2 aliphatic rings. The summed E-state index contributed by atoms with van der Waals surface area (Å²) in [7, 11) is 7.24. The van der Waals surface area contributed by atoms with Gasteiger partial charge in [0.15, 0.2) is 0 Å². The van der Waals surface area contributed by atoms with E-state index in [4.69, 9.17) is 9.47 Å². The third-order valence-corrected chi connectivity index (χ3v) is 8.21. The van der Waals surface area contributed by atoms with E-state index in [1.165, 1.54) is 0 Å². The van der Waals surface area contributed by atoms with Crippen molar-refractivity contribution in [2.75, 3.05) is 52.8 Å². The van der Waals surface area contributed by atoms with Crippen LogP contribution in [0, 0.1) is 0 Å². The lowest BCUT2D eigenvalue weighted by molar-refractivity contribution is 0.0739. The number of urea groups is 1. The van der Waals surface area contributed by atoms with Crippen LogP contribution in [0.15, 0.2) is 48.2 Å². The van der Waals surface area contributed by atoms with Crippen LogP contribution >= 0.6 is 0 Å². The van der Waals surface area contributed by atoms with Gasteiger partial charge in [-0.1, -0.05) is 19.1 Å². The molecule has 210 valence electrons. The molecule has 0 radical (unpaired) electrons. The summed E-state index contributed by atoms with van der Waals surface area (Å²) in [5, 5.41) is 0. The minimum atomic E-state index is -0.557. The fourth-order valence-corrected chi connectivity index (χ4v) is 6.00. The lowest BCUT2D eigenvalue weighted by Gasteiger charge is -2.36. The van der Waals surface area contributed by atoms with Gasteiger partial charge in [0.1, 0.15) is 11.5 Å². The molecule has 2 heterocycles. The Kier molecular flexibility index (Phi) is 8.14. The van der Waals surface area contributed by atoms with Gasteiger partial charge in [0.2, 0.25) is 0 Å². The molecule has 4 rings (SSSR count). The highest BCUT2D eigenvalue weighted by molar-refractivity contribution is 5.95. The van der Waals surface area contributed by atoms with Crippen LogP contribution in [0.25, 0.3) is 0 Å². The Labute approximate surface area is 232 Å². The number of hydrogen-bond donors (Lipinski definition) is 0. The minimum Gasteiger partial charge on any atom is -0.497 e. The maximum Gasteiger partial charge on any atom is 0.325 e. The third-order valence-electron chi connectivity index (χ3n) is 8.21. The number of hydrogen-bond acceptors (Lipinski definition) is 5. The molecular formula is C31H42N4O4. The lowest BCUT2D eigenvalue weighted by atomic mass is 9.88. The smallest absolute Gasteiger partial charge is 0.325 e. The summed E-state index contributed by atoms with van der Waals surface area (Å²) in [6, 6.07) is 11.6. The molecule has 8 heteroatoms. The Bertz CT molecular complexity index is 1270. The monoisotopic (exact) mass is 534 g/mol. The Balaban J connectivity index is 1.66. The largest absolute Gasteiger partial charge is 0.497 e. The highest BCUT2D eigenvalue weighted by Gasteiger charge is 2.51.